The minimum Gasteiger partial charge on any atom is -0.383 e. The number of piperidine rings is 1. The molecule has 0 aromatic carbocycles. The molecule has 1 aliphatic heterocycles. The molecule has 4 heterocycles. The number of thiophene rings is 1. The van der Waals surface area contributed by atoms with E-state index < -0.39 is 5.60 Å². The highest BCUT2D eigenvalue weighted by Gasteiger charge is 2.42. The number of aryl methyl sites for hydroxylation is 1. The van der Waals surface area contributed by atoms with E-state index >= 15 is 0 Å². The Bertz CT molecular complexity index is 932. The molecular weight excluding hydrogens is 362 g/mol. The third-order valence-corrected chi connectivity index (χ3v) is 6.42. The molecule has 142 valence electrons. The molecule has 3 aromatic heterocycles. The summed E-state index contributed by atoms with van der Waals surface area (Å²) in [5.41, 5.74) is 1.54. The van der Waals surface area contributed by atoms with E-state index in [1.165, 1.54) is 11.3 Å². The van der Waals surface area contributed by atoms with Crippen LogP contribution in [-0.2, 0) is 12.6 Å². The Morgan fingerprint density at radius 3 is 3.04 bits per heavy atom. The maximum atomic E-state index is 13.1. The standard InChI is InChI=1S/C19H23N5O2S/c1-3-15-9-19(26,17-4-6-22-23(17)2)5-7-24(15)18(25)13-8-16(27-12-13)14-10-20-21-11-14/h4,6,8,10-12,15,26H,3,5,7,9H2,1-2H3,(H,20,21). The first-order chi connectivity index (χ1) is 13.0. The number of rotatable bonds is 4. The molecule has 0 spiro atoms. The Labute approximate surface area is 161 Å². The Kier molecular flexibility index (Phi) is 4.61. The Balaban J connectivity index is 1.54. The summed E-state index contributed by atoms with van der Waals surface area (Å²) in [7, 11) is 1.84. The van der Waals surface area contributed by atoms with Crippen LogP contribution in [0.5, 0.6) is 0 Å². The zero-order chi connectivity index (χ0) is 19.0. The summed E-state index contributed by atoms with van der Waals surface area (Å²) < 4.78 is 1.72. The molecule has 3 aromatic rings. The average Bonchev–Trinajstić information content (AvgIpc) is 3.41. The van der Waals surface area contributed by atoms with Crippen molar-refractivity contribution in [2.75, 3.05) is 6.54 Å². The molecular formula is C19H23N5O2S. The fourth-order valence-corrected chi connectivity index (χ4v) is 4.80. The van der Waals surface area contributed by atoms with E-state index in [-0.39, 0.29) is 11.9 Å². The molecule has 4 rings (SSSR count). The van der Waals surface area contributed by atoms with Crippen LogP contribution in [0.1, 0.15) is 42.2 Å². The van der Waals surface area contributed by atoms with Crippen molar-refractivity contribution in [3.63, 3.8) is 0 Å². The van der Waals surface area contributed by atoms with Crippen molar-refractivity contribution in [1.29, 1.82) is 0 Å². The first-order valence-corrected chi connectivity index (χ1v) is 9.99. The van der Waals surface area contributed by atoms with Gasteiger partial charge < -0.3 is 10.0 Å². The molecule has 2 N–H and O–H groups in total. The minimum atomic E-state index is -0.945. The number of hydrogen-bond donors (Lipinski definition) is 2. The van der Waals surface area contributed by atoms with Crippen molar-refractivity contribution >= 4 is 17.2 Å². The highest BCUT2D eigenvalue weighted by molar-refractivity contribution is 7.13. The lowest BCUT2D eigenvalue weighted by Crippen LogP contribution is -2.51. The number of aromatic amines is 1. The van der Waals surface area contributed by atoms with Crippen LogP contribution in [0.25, 0.3) is 10.4 Å². The smallest absolute Gasteiger partial charge is 0.254 e. The summed E-state index contributed by atoms with van der Waals surface area (Å²) >= 11 is 1.54. The molecule has 7 nitrogen and oxygen atoms in total. The molecule has 0 aliphatic carbocycles. The minimum absolute atomic E-state index is 0.0107. The van der Waals surface area contributed by atoms with Crippen LogP contribution in [-0.4, -0.2) is 48.5 Å². The van der Waals surface area contributed by atoms with Gasteiger partial charge in [-0.25, -0.2) is 0 Å². The Hall–Kier alpha value is -2.45. The van der Waals surface area contributed by atoms with Gasteiger partial charge in [-0.1, -0.05) is 6.92 Å². The van der Waals surface area contributed by atoms with Gasteiger partial charge in [-0.05, 0) is 25.0 Å². The lowest BCUT2D eigenvalue weighted by atomic mass is 9.82. The number of nitrogens with one attached hydrogen (secondary N) is 1. The first kappa shape index (κ1) is 17.9. The molecule has 27 heavy (non-hydrogen) atoms. The number of aromatic nitrogens is 4. The zero-order valence-corrected chi connectivity index (χ0v) is 16.2. The highest BCUT2D eigenvalue weighted by Crippen LogP contribution is 2.37. The van der Waals surface area contributed by atoms with E-state index in [1.807, 2.05) is 35.7 Å². The molecule has 2 unspecified atom stereocenters. The largest absolute Gasteiger partial charge is 0.383 e. The number of hydrogen-bond acceptors (Lipinski definition) is 5. The number of aliphatic hydroxyl groups is 1. The molecule has 2 atom stereocenters. The predicted octanol–water partition coefficient (Wildman–Crippen LogP) is 2.77. The Morgan fingerprint density at radius 1 is 1.52 bits per heavy atom. The van der Waals surface area contributed by atoms with Crippen LogP contribution in [0.15, 0.2) is 36.1 Å². The van der Waals surface area contributed by atoms with Gasteiger partial charge in [0.2, 0.25) is 0 Å². The normalized spacial score (nSPS) is 22.9. The van der Waals surface area contributed by atoms with Crippen molar-refractivity contribution in [3.05, 3.63) is 47.4 Å². The van der Waals surface area contributed by atoms with Gasteiger partial charge in [-0.2, -0.15) is 10.2 Å². The lowest BCUT2D eigenvalue weighted by Gasteiger charge is -2.43. The van der Waals surface area contributed by atoms with E-state index in [0.717, 1.165) is 22.6 Å². The SMILES string of the molecule is CCC1CC(O)(c2ccnn2C)CCN1C(=O)c1csc(-c2cn[nH]c2)c1. The third kappa shape index (κ3) is 3.19. The lowest BCUT2D eigenvalue weighted by molar-refractivity contribution is -0.0496. The average molecular weight is 385 g/mol. The molecule has 0 radical (unpaired) electrons. The molecule has 8 heteroatoms. The number of likely N-dealkylation sites (tertiary alicyclic amines) is 1. The molecule has 1 aliphatic rings. The Morgan fingerprint density at radius 2 is 2.37 bits per heavy atom. The van der Waals surface area contributed by atoms with Crippen LogP contribution >= 0.6 is 11.3 Å². The van der Waals surface area contributed by atoms with Gasteiger partial charge in [0.15, 0.2) is 0 Å². The molecule has 1 fully saturated rings. The summed E-state index contributed by atoms with van der Waals surface area (Å²) in [6.45, 7) is 2.58. The maximum absolute atomic E-state index is 13.1. The number of H-pyrrole nitrogens is 1. The highest BCUT2D eigenvalue weighted by atomic mass is 32.1. The second kappa shape index (κ2) is 6.94. The van der Waals surface area contributed by atoms with Crippen LogP contribution in [0.2, 0.25) is 0 Å². The second-order valence-electron chi connectivity index (χ2n) is 7.07. The van der Waals surface area contributed by atoms with E-state index in [0.29, 0.717) is 24.9 Å². The first-order valence-electron chi connectivity index (χ1n) is 9.11. The van der Waals surface area contributed by atoms with Crippen molar-refractivity contribution in [2.45, 2.75) is 37.8 Å². The van der Waals surface area contributed by atoms with Gasteiger partial charge in [0.1, 0.15) is 5.60 Å². The van der Waals surface area contributed by atoms with Crippen LogP contribution < -0.4 is 0 Å². The summed E-state index contributed by atoms with van der Waals surface area (Å²) in [6.07, 6.45) is 7.11. The van der Waals surface area contributed by atoms with Gasteiger partial charge in [0, 0.05) is 54.3 Å². The van der Waals surface area contributed by atoms with E-state index in [4.69, 9.17) is 0 Å². The summed E-state index contributed by atoms with van der Waals surface area (Å²) in [4.78, 5) is 16.1. The predicted molar refractivity (Wildman–Crippen MR) is 103 cm³/mol. The fourth-order valence-electron chi connectivity index (χ4n) is 3.94. The quantitative estimate of drug-likeness (QED) is 0.723. The number of carbonyl (C=O) groups is 1. The van der Waals surface area contributed by atoms with Gasteiger partial charge in [-0.15, -0.1) is 11.3 Å². The van der Waals surface area contributed by atoms with Gasteiger partial charge in [-0.3, -0.25) is 14.6 Å². The summed E-state index contributed by atoms with van der Waals surface area (Å²) in [6, 6.07) is 3.77. The van der Waals surface area contributed by atoms with Gasteiger partial charge >= 0.3 is 0 Å². The third-order valence-electron chi connectivity index (χ3n) is 5.44. The van der Waals surface area contributed by atoms with Crippen molar-refractivity contribution in [1.82, 2.24) is 24.9 Å². The van der Waals surface area contributed by atoms with Crippen molar-refractivity contribution < 1.29 is 9.90 Å². The fraction of sp³-hybridized carbons (Fsp3) is 0.421. The molecule has 1 saturated heterocycles. The van der Waals surface area contributed by atoms with E-state index in [2.05, 4.69) is 22.2 Å². The monoisotopic (exact) mass is 385 g/mol. The summed E-state index contributed by atoms with van der Waals surface area (Å²) in [5, 5.41) is 24.1. The van der Waals surface area contributed by atoms with Gasteiger partial charge in [0.05, 0.1) is 17.5 Å². The number of amides is 1. The van der Waals surface area contributed by atoms with Crippen LogP contribution in [0.4, 0.5) is 0 Å². The van der Waals surface area contributed by atoms with Crippen LogP contribution in [0.3, 0.4) is 0 Å². The molecule has 1 amide bonds. The number of nitrogens with zero attached hydrogens (tertiary/aromatic N) is 4. The summed E-state index contributed by atoms with van der Waals surface area (Å²) in [5.74, 6) is 0.0277. The number of carbonyl (C=O) groups excluding carboxylic acids is 1. The molecule has 0 saturated carbocycles. The van der Waals surface area contributed by atoms with E-state index in [1.54, 1.807) is 17.1 Å². The molecule has 0 bridgehead atoms. The zero-order valence-electron chi connectivity index (χ0n) is 15.4. The maximum Gasteiger partial charge on any atom is 0.254 e. The van der Waals surface area contributed by atoms with Crippen molar-refractivity contribution in [3.8, 4) is 10.4 Å². The van der Waals surface area contributed by atoms with Gasteiger partial charge in [0.25, 0.3) is 5.91 Å². The topological polar surface area (TPSA) is 87.0 Å². The van der Waals surface area contributed by atoms with E-state index in [9.17, 15) is 9.90 Å². The second-order valence-corrected chi connectivity index (χ2v) is 7.98. The van der Waals surface area contributed by atoms with Crippen molar-refractivity contribution in [2.24, 2.45) is 7.05 Å². The van der Waals surface area contributed by atoms with Crippen LogP contribution in [0, 0.1) is 0 Å².